The van der Waals surface area contributed by atoms with Gasteiger partial charge in [-0.3, -0.25) is 9.13 Å². The van der Waals surface area contributed by atoms with Crippen LogP contribution in [-0.4, -0.2) is 19.1 Å². The Kier molecular flexibility index (Phi) is 7.82. The van der Waals surface area contributed by atoms with Gasteiger partial charge in [0.2, 0.25) is 0 Å². The second kappa shape index (κ2) is 13.8. The first-order chi connectivity index (χ1) is 29.8. The van der Waals surface area contributed by atoms with Crippen molar-refractivity contribution in [1.82, 2.24) is 19.1 Å². The van der Waals surface area contributed by atoms with Crippen LogP contribution in [0.15, 0.2) is 218 Å². The fourth-order valence-corrected chi connectivity index (χ4v) is 9.15. The zero-order chi connectivity index (χ0) is 39.6. The molecule has 2 aromatic heterocycles. The fourth-order valence-electron chi connectivity index (χ4n) is 9.15. The second-order valence-electron chi connectivity index (χ2n) is 15.4. The fraction of sp³-hybridized carbons (Fsp3) is 0. The van der Waals surface area contributed by atoms with E-state index in [9.17, 15) is 0 Å². The van der Waals surface area contributed by atoms with Crippen LogP contribution in [0.4, 0.5) is 0 Å². The molecule has 4 heteroatoms. The molecule has 0 atom stereocenters. The van der Waals surface area contributed by atoms with E-state index in [2.05, 4.69) is 228 Å². The Labute approximate surface area is 346 Å². The van der Waals surface area contributed by atoms with Crippen LogP contribution in [0, 0.1) is 0 Å². The van der Waals surface area contributed by atoms with Crippen LogP contribution in [0.1, 0.15) is 0 Å². The van der Waals surface area contributed by atoms with E-state index in [-0.39, 0.29) is 0 Å². The highest BCUT2D eigenvalue weighted by atomic mass is 15.1. The maximum Gasteiger partial charge on any atom is 0.145 e. The molecule has 0 unspecified atom stereocenters. The van der Waals surface area contributed by atoms with Crippen molar-refractivity contribution in [1.29, 1.82) is 0 Å². The summed E-state index contributed by atoms with van der Waals surface area (Å²) in [4.78, 5) is 11.1. The monoisotopic (exact) mass is 764 g/mol. The Morgan fingerprint density at radius 3 is 1.47 bits per heavy atom. The lowest BCUT2D eigenvalue weighted by Crippen LogP contribution is -2.00. The summed E-state index contributed by atoms with van der Waals surface area (Å²) in [6, 6.07) is 78.0. The number of hydrogen-bond donors (Lipinski definition) is 0. The minimum atomic E-state index is 0.861. The molecule has 0 amide bonds. The van der Waals surface area contributed by atoms with Crippen molar-refractivity contribution in [3.05, 3.63) is 218 Å². The van der Waals surface area contributed by atoms with E-state index in [1.165, 1.54) is 26.9 Å². The summed E-state index contributed by atoms with van der Waals surface area (Å²) >= 11 is 0. The van der Waals surface area contributed by atoms with E-state index >= 15 is 0 Å². The summed E-state index contributed by atoms with van der Waals surface area (Å²) in [6.07, 6.45) is 0. The van der Waals surface area contributed by atoms with Crippen molar-refractivity contribution in [2.75, 3.05) is 0 Å². The topological polar surface area (TPSA) is 35.6 Å². The maximum atomic E-state index is 5.81. The molecule has 0 aliphatic carbocycles. The number of para-hydroxylation sites is 4. The number of aromatic nitrogens is 4. The molecule has 12 rings (SSSR count). The predicted molar refractivity (Wildman–Crippen MR) is 250 cm³/mol. The molecule has 4 nitrogen and oxygen atoms in total. The molecule has 0 saturated heterocycles. The van der Waals surface area contributed by atoms with Crippen molar-refractivity contribution in [2.24, 2.45) is 0 Å². The average Bonchev–Trinajstić information content (AvgIpc) is 3.91. The van der Waals surface area contributed by atoms with Crippen molar-refractivity contribution < 1.29 is 0 Å². The number of imidazole rings is 2. The number of benzene rings is 10. The Morgan fingerprint density at radius 1 is 0.317 bits per heavy atom. The van der Waals surface area contributed by atoms with Gasteiger partial charge in [-0.2, -0.15) is 0 Å². The van der Waals surface area contributed by atoms with Crippen LogP contribution in [0.2, 0.25) is 0 Å². The van der Waals surface area contributed by atoms with E-state index < -0.39 is 0 Å². The van der Waals surface area contributed by atoms with Crippen molar-refractivity contribution in [2.45, 2.75) is 0 Å². The lowest BCUT2D eigenvalue weighted by molar-refractivity contribution is 1.09. The minimum absolute atomic E-state index is 0.861. The van der Waals surface area contributed by atoms with Gasteiger partial charge in [0.25, 0.3) is 0 Å². The first kappa shape index (κ1) is 34.0. The van der Waals surface area contributed by atoms with Crippen LogP contribution in [0.3, 0.4) is 0 Å². The first-order valence-corrected chi connectivity index (χ1v) is 20.4. The molecule has 0 saturated carbocycles. The molecule has 0 aliphatic rings. The Balaban J connectivity index is 1.21. The SMILES string of the molecule is c1ccc(-n2c(-c3cccc(-c4nc5c(-c6ccc7ccccc7c6)c6ccccc6c(-c6ccc7ccccc7c6)c5n4-c4ccccc4)c3)nc3ccccc32)cc1. The third-order valence-corrected chi connectivity index (χ3v) is 11.9. The normalized spacial score (nSPS) is 11.7. The smallest absolute Gasteiger partial charge is 0.145 e. The zero-order valence-electron chi connectivity index (χ0n) is 32.6. The summed E-state index contributed by atoms with van der Waals surface area (Å²) < 4.78 is 4.65. The van der Waals surface area contributed by atoms with E-state index in [4.69, 9.17) is 9.97 Å². The molecular formula is C56H36N4. The number of hydrogen-bond acceptors (Lipinski definition) is 2. The Bertz CT molecular complexity index is 3600. The minimum Gasteiger partial charge on any atom is -0.292 e. The molecular weight excluding hydrogens is 729 g/mol. The molecule has 60 heavy (non-hydrogen) atoms. The van der Waals surface area contributed by atoms with Gasteiger partial charge >= 0.3 is 0 Å². The van der Waals surface area contributed by atoms with Gasteiger partial charge in [-0.1, -0.05) is 164 Å². The third kappa shape index (κ3) is 5.46. The standard InChI is InChI=1S/C56H36N4/c1-3-22-45(23-4-1)59-50-29-14-13-28-49(50)57-55(59)43-20-15-21-44(36-43)56-58-53-51(41-32-30-37-16-7-9-18-39(37)34-41)47-26-11-12-27-48(47)52(54(53)60(56)46-24-5-2-6-25-46)42-33-31-38-17-8-10-19-40(38)35-42/h1-36H. The van der Waals surface area contributed by atoms with Crippen LogP contribution in [0.25, 0.3) is 111 Å². The molecule has 0 bridgehead atoms. The largest absolute Gasteiger partial charge is 0.292 e. The van der Waals surface area contributed by atoms with E-state index in [0.717, 1.165) is 83.9 Å². The van der Waals surface area contributed by atoms with Gasteiger partial charge in [0.05, 0.1) is 22.1 Å². The highest BCUT2D eigenvalue weighted by molar-refractivity contribution is 6.21. The van der Waals surface area contributed by atoms with Gasteiger partial charge in [0.1, 0.15) is 11.6 Å². The molecule has 0 fully saturated rings. The molecule has 0 aliphatic heterocycles. The second-order valence-corrected chi connectivity index (χ2v) is 15.4. The van der Waals surface area contributed by atoms with Crippen LogP contribution in [0.5, 0.6) is 0 Å². The summed E-state index contributed by atoms with van der Waals surface area (Å²) in [6.45, 7) is 0. The van der Waals surface area contributed by atoms with Gasteiger partial charge < -0.3 is 0 Å². The van der Waals surface area contributed by atoms with E-state index in [1.54, 1.807) is 0 Å². The molecule has 12 aromatic rings. The molecule has 280 valence electrons. The first-order valence-electron chi connectivity index (χ1n) is 20.4. The maximum absolute atomic E-state index is 5.81. The molecule has 2 heterocycles. The average molecular weight is 765 g/mol. The third-order valence-electron chi connectivity index (χ3n) is 11.9. The molecule has 0 N–H and O–H groups in total. The van der Waals surface area contributed by atoms with Crippen LogP contribution >= 0.6 is 0 Å². The van der Waals surface area contributed by atoms with Crippen molar-refractivity contribution in [3.8, 4) is 56.4 Å². The predicted octanol–water partition coefficient (Wildman–Crippen LogP) is 14.5. The summed E-state index contributed by atoms with van der Waals surface area (Å²) in [5, 5.41) is 7.16. The van der Waals surface area contributed by atoms with Gasteiger partial charge in [0, 0.05) is 33.6 Å². The Morgan fingerprint density at radius 2 is 0.817 bits per heavy atom. The van der Waals surface area contributed by atoms with Crippen molar-refractivity contribution in [3.63, 3.8) is 0 Å². The molecule has 0 spiro atoms. The van der Waals surface area contributed by atoms with E-state index in [1.807, 2.05) is 0 Å². The van der Waals surface area contributed by atoms with Crippen LogP contribution in [-0.2, 0) is 0 Å². The molecule has 10 aromatic carbocycles. The lowest BCUT2D eigenvalue weighted by Gasteiger charge is -2.18. The number of fused-ring (bicyclic) bond motifs is 5. The highest BCUT2D eigenvalue weighted by Gasteiger charge is 2.26. The lowest BCUT2D eigenvalue weighted by atomic mass is 9.89. The van der Waals surface area contributed by atoms with Gasteiger partial charge in [-0.15, -0.1) is 0 Å². The van der Waals surface area contributed by atoms with Gasteiger partial charge in [-0.05, 0) is 98.0 Å². The van der Waals surface area contributed by atoms with Gasteiger partial charge in [0.15, 0.2) is 0 Å². The number of rotatable bonds is 6. The zero-order valence-corrected chi connectivity index (χ0v) is 32.6. The van der Waals surface area contributed by atoms with Gasteiger partial charge in [-0.25, -0.2) is 9.97 Å². The van der Waals surface area contributed by atoms with E-state index in [0.29, 0.717) is 0 Å². The quantitative estimate of drug-likeness (QED) is 0.169. The Hall–Kier alpha value is -8.08. The summed E-state index contributed by atoms with van der Waals surface area (Å²) in [7, 11) is 0. The van der Waals surface area contributed by atoms with Crippen LogP contribution < -0.4 is 0 Å². The number of nitrogens with zero attached hydrogens (tertiary/aromatic N) is 4. The van der Waals surface area contributed by atoms with Crippen molar-refractivity contribution >= 4 is 54.4 Å². The summed E-state index contributed by atoms with van der Waals surface area (Å²) in [5.41, 5.74) is 12.7. The molecule has 0 radical (unpaired) electrons. The summed E-state index contributed by atoms with van der Waals surface area (Å²) in [5.74, 6) is 1.74. The highest BCUT2D eigenvalue weighted by Crippen LogP contribution is 2.47.